The van der Waals surface area contributed by atoms with Gasteiger partial charge in [-0.3, -0.25) is 9.36 Å². The number of anilines is 1. The van der Waals surface area contributed by atoms with E-state index in [0.29, 0.717) is 17.9 Å². The number of hydrogen-bond acceptors (Lipinski definition) is 4. The summed E-state index contributed by atoms with van der Waals surface area (Å²) in [6.45, 7) is 0.593. The molecular formula is C21H19N5OS. The van der Waals surface area contributed by atoms with Crippen LogP contribution in [0.4, 0.5) is 5.82 Å². The fraction of sp³-hybridized carbons (Fsp3) is 0.0952. The van der Waals surface area contributed by atoms with Gasteiger partial charge in [0.2, 0.25) is 0 Å². The van der Waals surface area contributed by atoms with Crippen molar-refractivity contribution in [3.05, 3.63) is 90.4 Å². The molecule has 1 amide bonds. The lowest BCUT2D eigenvalue weighted by Gasteiger charge is -2.11. The maximum absolute atomic E-state index is 12.8. The number of rotatable bonds is 6. The highest BCUT2D eigenvalue weighted by atomic mass is 32.2. The number of hydrogen-bond donors (Lipinski definition) is 1. The highest BCUT2D eigenvalue weighted by molar-refractivity contribution is 7.98. The molecule has 0 saturated carbocycles. The smallest absolute Gasteiger partial charge is 0.256 e. The molecule has 0 aliphatic rings. The van der Waals surface area contributed by atoms with Crippen LogP contribution in [0.5, 0.6) is 0 Å². The molecule has 7 heteroatoms. The number of aromatic nitrogens is 4. The highest BCUT2D eigenvalue weighted by Crippen LogP contribution is 2.19. The van der Waals surface area contributed by atoms with Crippen LogP contribution < -0.4 is 5.32 Å². The quantitative estimate of drug-likeness (QED) is 0.505. The van der Waals surface area contributed by atoms with Gasteiger partial charge >= 0.3 is 0 Å². The van der Waals surface area contributed by atoms with Gasteiger partial charge in [0.05, 0.1) is 12.7 Å². The molecule has 1 N–H and O–H groups in total. The van der Waals surface area contributed by atoms with E-state index in [1.807, 2.05) is 65.6 Å². The minimum absolute atomic E-state index is 0.178. The largest absolute Gasteiger partial charge is 0.307 e. The van der Waals surface area contributed by atoms with Crippen LogP contribution in [0.2, 0.25) is 0 Å². The van der Waals surface area contributed by atoms with Gasteiger partial charge in [0.25, 0.3) is 5.91 Å². The molecule has 2 aromatic carbocycles. The van der Waals surface area contributed by atoms with E-state index in [1.165, 1.54) is 0 Å². The molecule has 0 fully saturated rings. The number of nitrogens with zero attached hydrogens (tertiary/aromatic N) is 4. The summed E-state index contributed by atoms with van der Waals surface area (Å²) in [7, 11) is 0. The minimum atomic E-state index is -0.178. The van der Waals surface area contributed by atoms with Gasteiger partial charge in [0.15, 0.2) is 5.16 Å². The lowest BCUT2D eigenvalue weighted by molar-refractivity contribution is 0.102. The van der Waals surface area contributed by atoms with Crippen molar-refractivity contribution >= 4 is 23.5 Å². The predicted molar refractivity (Wildman–Crippen MR) is 111 cm³/mol. The van der Waals surface area contributed by atoms with Crippen LogP contribution in [-0.2, 0) is 6.54 Å². The van der Waals surface area contributed by atoms with Gasteiger partial charge in [-0.15, -0.1) is 0 Å². The lowest BCUT2D eigenvalue weighted by Crippen LogP contribution is -2.16. The van der Waals surface area contributed by atoms with Crippen molar-refractivity contribution < 1.29 is 4.79 Å². The van der Waals surface area contributed by atoms with E-state index < -0.39 is 0 Å². The summed E-state index contributed by atoms with van der Waals surface area (Å²) in [6, 6.07) is 19.3. The normalized spacial score (nSPS) is 10.8. The van der Waals surface area contributed by atoms with E-state index in [2.05, 4.69) is 15.4 Å². The summed E-state index contributed by atoms with van der Waals surface area (Å²) >= 11 is 1.56. The van der Waals surface area contributed by atoms with E-state index in [1.54, 1.807) is 41.0 Å². The first kappa shape index (κ1) is 18.1. The van der Waals surface area contributed by atoms with Crippen LogP contribution in [0, 0.1) is 0 Å². The molecule has 4 rings (SSSR count). The zero-order valence-corrected chi connectivity index (χ0v) is 16.1. The van der Waals surface area contributed by atoms with Crippen molar-refractivity contribution in [3.8, 4) is 5.69 Å². The van der Waals surface area contributed by atoms with Crippen molar-refractivity contribution in [2.75, 3.05) is 11.6 Å². The van der Waals surface area contributed by atoms with Crippen molar-refractivity contribution in [2.45, 2.75) is 11.7 Å². The predicted octanol–water partition coefficient (Wildman–Crippen LogP) is 4.09. The van der Waals surface area contributed by atoms with Gasteiger partial charge in [-0.2, -0.15) is 5.10 Å². The van der Waals surface area contributed by atoms with Crippen LogP contribution in [0.1, 0.15) is 15.9 Å². The number of nitrogens with one attached hydrogen (secondary N) is 1. The van der Waals surface area contributed by atoms with Crippen LogP contribution in [0.15, 0.2) is 84.4 Å². The number of carbonyl (C=O) groups is 1. The number of benzene rings is 2. The molecule has 4 aromatic rings. The molecule has 0 atom stereocenters. The van der Waals surface area contributed by atoms with Gasteiger partial charge in [-0.05, 0) is 30.0 Å². The molecule has 6 nitrogen and oxygen atoms in total. The Bertz CT molecular complexity index is 1090. The first-order chi connectivity index (χ1) is 13.7. The van der Waals surface area contributed by atoms with Crippen molar-refractivity contribution in [3.63, 3.8) is 0 Å². The molecule has 0 spiro atoms. The summed E-state index contributed by atoms with van der Waals surface area (Å²) in [4.78, 5) is 17.1. The summed E-state index contributed by atoms with van der Waals surface area (Å²) < 4.78 is 3.74. The fourth-order valence-corrected chi connectivity index (χ4v) is 3.47. The number of imidazole rings is 1. The Hall–Kier alpha value is -3.32. The molecule has 2 heterocycles. The summed E-state index contributed by atoms with van der Waals surface area (Å²) in [5, 5.41) is 8.16. The number of carbonyl (C=O) groups excluding carboxylic acids is 1. The van der Waals surface area contributed by atoms with Gasteiger partial charge in [0.1, 0.15) is 5.82 Å². The summed E-state index contributed by atoms with van der Waals surface area (Å²) in [5.41, 5.74) is 2.59. The third-order valence-electron chi connectivity index (χ3n) is 4.31. The highest BCUT2D eigenvalue weighted by Gasteiger charge is 2.12. The van der Waals surface area contributed by atoms with E-state index in [9.17, 15) is 4.79 Å². The Morgan fingerprint density at radius 3 is 2.75 bits per heavy atom. The van der Waals surface area contributed by atoms with Crippen molar-refractivity contribution in [1.29, 1.82) is 0 Å². The molecule has 0 aliphatic heterocycles. The van der Waals surface area contributed by atoms with Gasteiger partial charge in [-0.25, -0.2) is 9.67 Å². The number of thioether (sulfide) groups is 1. The van der Waals surface area contributed by atoms with Crippen molar-refractivity contribution in [2.24, 2.45) is 0 Å². The SMILES string of the molecule is CSc1nccn1-c1cccc(C(=O)Nc2ccnn2Cc2ccccc2)c1. The van der Waals surface area contributed by atoms with E-state index in [4.69, 9.17) is 0 Å². The van der Waals surface area contributed by atoms with Gasteiger partial charge < -0.3 is 5.32 Å². The first-order valence-corrected chi connectivity index (χ1v) is 10.0. The van der Waals surface area contributed by atoms with Gasteiger partial charge in [0, 0.05) is 29.7 Å². The van der Waals surface area contributed by atoms with Crippen LogP contribution in [0.25, 0.3) is 5.69 Å². The second-order valence-electron chi connectivity index (χ2n) is 6.15. The van der Waals surface area contributed by atoms with Crippen LogP contribution >= 0.6 is 11.8 Å². The second-order valence-corrected chi connectivity index (χ2v) is 6.92. The molecular weight excluding hydrogens is 370 g/mol. The maximum atomic E-state index is 12.8. The van der Waals surface area contributed by atoms with Crippen molar-refractivity contribution in [1.82, 2.24) is 19.3 Å². The lowest BCUT2D eigenvalue weighted by atomic mass is 10.2. The molecule has 28 heavy (non-hydrogen) atoms. The van der Waals surface area contributed by atoms with Crippen LogP contribution in [0.3, 0.4) is 0 Å². The molecule has 0 aliphatic carbocycles. The minimum Gasteiger partial charge on any atom is -0.307 e. The molecule has 2 aromatic heterocycles. The molecule has 0 radical (unpaired) electrons. The Balaban J connectivity index is 1.54. The van der Waals surface area contributed by atoms with E-state index in [-0.39, 0.29) is 5.91 Å². The standard InChI is InChI=1S/C21H19N5OS/c1-28-21-22-12-13-25(21)18-9-5-8-17(14-18)20(27)24-19-10-11-23-26(19)15-16-6-3-2-4-7-16/h2-14H,15H2,1H3,(H,24,27). The first-order valence-electron chi connectivity index (χ1n) is 8.79. The summed E-state index contributed by atoms with van der Waals surface area (Å²) in [5.74, 6) is 0.481. The van der Waals surface area contributed by atoms with E-state index in [0.717, 1.165) is 16.4 Å². The average molecular weight is 389 g/mol. The van der Waals surface area contributed by atoms with E-state index >= 15 is 0 Å². The average Bonchev–Trinajstić information content (AvgIpc) is 3.38. The molecule has 140 valence electrons. The Labute approximate surface area is 167 Å². The molecule has 0 bridgehead atoms. The second kappa shape index (κ2) is 8.14. The Morgan fingerprint density at radius 2 is 1.93 bits per heavy atom. The monoisotopic (exact) mass is 389 g/mol. The number of amides is 1. The summed E-state index contributed by atoms with van der Waals surface area (Å²) in [6.07, 6.45) is 7.30. The maximum Gasteiger partial charge on any atom is 0.256 e. The Kier molecular flexibility index (Phi) is 5.25. The zero-order valence-electron chi connectivity index (χ0n) is 15.3. The Morgan fingerprint density at radius 1 is 1.07 bits per heavy atom. The molecule has 0 saturated heterocycles. The molecule has 0 unspecified atom stereocenters. The fourth-order valence-electron chi connectivity index (χ4n) is 2.94. The topological polar surface area (TPSA) is 64.7 Å². The van der Waals surface area contributed by atoms with Gasteiger partial charge in [-0.1, -0.05) is 48.2 Å². The third kappa shape index (κ3) is 3.84. The zero-order chi connectivity index (χ0) is 19.3. The third-order valence-corrected chi connectivity index (χ3v) is 4.98. The van der Waals surface area contributed by atoms with Crippen LogP contribution in [-0.4, -0.2) is 31.5 Å².